The maximum atomic E-state index is 9.79. The molecule has 0 fully saturated rings. The van der Waals surface area contributed by atoms with Crippen molar-refractivity contribution in [1.82, 2.24) is 5.16 Å². The Labute approximate surface area is 93.7 Å². The Kier molecular flexibility index (Phi) is 2.34. The Bertz CT molecular complexity index is 544. The van der Waals surface area contributed by atoms with Crippen LogP contribution in [0.2, 0.25) is 0 Å². The number of nitrogen functional groups attached to an aromatic ring is 1. The molecule has 84 valence electrons. The van der Waals surface area contributed by atoms with Crippen LogP contribution in [0.25, 0.3) is 11.3 Å². The predicted octanol–water partition coefficient (Wildman–Crippen LogP) is 2.55. The molecule has 0 bridgehead atoms. The summed E-state index contributed by atoms with van der Waals surface area (Å²) in [6.45, 7) is 5.66. The van der Waals surface area contributed by atoms with E-state index in [1.54, 1.807) is 6.07 Å². The quantitative estimate of drug-likeness (QED) is 0.771. The third-order valence-electron chi connectivity index (χ3n) is 2.85. The molecule has 3 N–H and O–H groups in total. The minimum absolute atomic E-state index is 0.328. The highest BCUT2D eigenvalue weighted by molar-refractivity contribution is 5.69. The number of nitrogens with zero attached hydrogens (tertiary/aromatic N) is 1. The van der Waals surface area contributed by atoms with Crippen LogP contribution in [-0.4, -0.2) is 10.3 Å². The average molecular weight is 218 g/mol. The van der Waals surface area contributed by atoms with Crippen molar-refractivity contribution < 1.29 is 9.63 Å². The fraction of sp³-hybridized carbons (Fsp3) is 0.250. The molecule has 0 aliphatic rings. The highest BCUT2D eigenvalue weighted by Crippen LogP contribution is 2.33. The second-order valence-corrected chi connectivity index (χ2v) is 3.96. The van der Waals surface area contributed by atoms with E-state index in [1.807, 2.05) is 26.8 Å². The van der Waals surface area contributed by atoms with Gasteiger partial charge in [-0.2, -0.15) is 0 Å². The summed E-state index contributed by atoms with van der Waals surface area (Å²) in [6, 6.07) is 3.55. The number of hydrogen-bond donors (Lipinski definition) is 2. The van der Waals surface area contributed by atoms with Crippen molar-refractivity contribution in [1.29, 1.82) is 0 Å². The Hall–Kier alpha value is -1.97. The van der Waals surface area contributed by atoms with Crippen molar-refractivity contribution in [3.05, 3.63) is 28.8 Å². The third kappa shape index (κ3) is 1.52. The van der Waals surface area contributed by atoms with Gasteiger partial charge in [-0.05, 0) is 43.5 Å². The highest BCUT2D eigenvalue weighted by Gasteiger charge is 2.13. The Morgan fingerprint density at radius 3 is 2.44 bits per heavy atom. The number of rotatable bonds is 1. The number of benzene rings is 1. The molecule has 0 aliphatic heterocycles. The molecule has 4 nitrogen and oxygen atoms in total. The fourth-order valence-corrected chi connectivity index (χ4v) is 1.74. The van der Waals surface area contributed by atoms with Crippen molar-refractivity contribution in [3.63, 3.8) is 0 Å². The Balaban J connectivity index is 2.66. The van der Waals surface area contributed by atoms with Crippen molar-refractivity contribution in [3.8, 4) is 17.1 Å². The molecule has 0 atom stereocenters. The van der Waals surface area contributed by atoms with Gasteiger partial charge in [-0.1, -0.05) is 5.16 Å². The fourth-order valence-electron chi connectivity index (χ4n) is 1.74. The molecule has 0 saturated carbocycles. The number of nitrogens with two attached hydrogens (primary N) is 1. The predicted molar refractivity (Wildman–Crippen MR) is 62.2 cm³/mol. The van der Waals surface area contributed by atoms with Crippen LogP contribution >= 0.6 is 0 Å². The Morgan fingerprint density at radius 1 is 1.19 bits per heavy atom. The van der Waals surface area contributed by atoms with Crippen LogP contribution in [0.4, 0.5) is 5.82 Å². The van der Waals surface area contributed by atoms with Gasteiger partial charge in [0.25, 0.3) is 0 Å². The minimum atomic E-state index is 0.328. The van der Waals surface area contributed by atoms with Gasteiger partial charge in [0.2, 0.25) is 0 Å². The normalized spacial score (nSPS) is 10.7. The van der Waals surface area contributed by atoms with Crippen LogP contribution < -0.4 is 5.73 Å². The van der Waals surface area contributed by atoms with Gasteiger partial charge in [-0.15, -0.1) is 0 Å². The number of aromatic hydroxyl groups is 1. The Morgan fingerprint density at radius 2 is 1.88 bits per heavy atom. The lowest BCUT2D eigenvalue weighted by Crippen LogP contribution is -1.90. The van der Waals surface area contributed by atoms with E-state index in [-0.39, 0.29) is 0 Å². The molecule has 1 heterocycles. The zero-order valence-corrected chi connectivity index (χ0v) is 9.53. The summed E-state index contributed by atoms with van der Waals surface area (Å²) in [5, 5.41) is 13.4. The van der Waals surface area contributed by atoms with E-state index in [9.17, 15) is 5.11 Å². The van der Waals surface area contributed by atoms with Crippen molar-refractivity contribution in [2.24, 2.45) is 0 Å². The van der Waals surface area contributed by atoms with Gasteiger partial charge in [0.15, 0.2) is 11.6 Å². The van der Waals surface area contributed by atoms with Gasteiger partial charge in [0.05, 0.1) is 0 Å². The van der Waals surface area contributed by atoms with E-state index in [0.29, 0.717) is 17.3 Å². The summed E-state index contributed by atoms with van der Waals surface area (Å²) in [4.78, 5) is 0. The topological polar surface area (TPSA) is 72.3 Å². The first-order valence-electron chi connectivity index (χ1n) is 5.03. The van der Waals surface area contributed by atoms with Crippen molar-refractivity contribution in [2.75, 3.05) is 5.73 Å². The lowest BCUT2D eigenvalue weighted by molar-refractivity contribution is 0.435. The molecule has 0 spiro atoms. The monoisotopic (exact) mass is 218 g/mol. The van der Waals surface area contributed by atoms with Crippen LogP contribution in [0.1, 0.15) is 16.7 Å². The van der Waals surface area contributed by atoms with Crippen LogP contribution in [0, 0.1) is 20.8 Å². The zero-order chi connectivity index (χ0) is 11.9. The number of phenols is 1. The molecule has 16 heavy (non-hydrogen) atoms. The van der Waals surface area contributed by atoms with E-state index in [4.69, 9.17) is 10.3 Å². The second kappa shape index (κ2) is 3.56. The largest absolute Gasteiger partial charge is 0.507 e. The van der Waals surface area contributed by atoms with E-state index in [1.165, 1.54) is 0 Å². The summed E-state index contributed by atoms with van der Waals surface area (Å²) < 4.78 is 5.12. The molecule has 0 unspecified atom stereocenters. The van der Waals surface area contributed by atoms with Gasteiger partial charge < -0.3 is 15.4 Å². The molecule has 1 aromatic carbocycles. The SMILES string of the molecule is Cc1cc(-c2cc(N)no2)c(C)c(C)c1O. The number of phenolic OH excluding ortho intramolecular Hbond substituents is 1. The smallest absolute Gasteiger partial charge is 0.169 e. The van der Waals surface area contributed by atoms with Gasteiger partial charge in [0.1, 0.15) is 5.75 Å². The van der Waals surface area contributed by atoms with Gasteiger partial charge in [-0.3, -0.25) is 0 Å². The second-order valence-electron chi connectivity index (χ2n) is 3.96. The summed E-state index contributed by atoms with van der Waals surface area (Å²) in [5.41, 5.74) is 9.07. The first kappa shape index (κ1) is 10.5. The maximum Gasteiger partial charge on any atom is 0.169 e. The summed E-state index contributed by atoms with van der Waals surface area (Å²) >= 11 is 0. The van der Waals surface area contributed by atoms with E-state index >= 15 is 0 Å². The van der Waals surface area contributed by atoms with Crippen LogP contribution in [0.15, 0.2) is 16.7 Å². The molecule has 0 amide bonds. The minimum Gasteiger partial charge on any atom is -0.507 e. The molecular weight excluding hydrogens is 204 g/mol. The highest BCUT2D eigenvalue weighted by atomic mass is 16.5. The molecular formula is C12H14N2O2. The third-order valence-corrected chi connectivity index (χ3v) is 2.85. The number of anilines is 1. The summed E-state index contributed by atoms with van der Waals surface area (Å²) in [5.74, 6) is 1.31. The van der Waals surface area contributed by atoms with Gasteiger partial charge >= 0.3 is 0 Å². The van der Waals surface area contributed by atoms with Crippen molar-refractivity contribution >= 4 is 5.82 Å². The maximum absolute atomic E-state index is 9.79. The summed E-state index contributed by atoms with van der Waals surface area (Å²) in [7, 11) is 0. The van der Waals surface area contributed by atoms with Crippen molar-refractivity contribution in [2.45, 2.75) is 20.8 Å². The summed E-state index contributed by atoms with van der Waals surface area (Å²) in [6.07, 6.45) is 0. The van der Waals surface area contributed by atoms with E-state index in [0.717, 1.165) is 22.3 Å². The van der Waals surface area contributed by atoms with Crippen LogP contribution in [0.5, 0.6) is 5.75 Å². The van der Waals surface area contributed by atoms with Gasteiger partial charge in [-0.25, -0.2) is 0 Å². The lowest BCUT2D eigenvalue weighted by Gasteiger charge is -2.10. The molecule has 0 saturated heterocycles. The first-order valence-corrected chi connectivity index (χ1v) is 5.03. The first-order chi connectivity index (χ1) is 7.50. The molecule has 0 aliphatic carbocycles. The van der Waals surface area contributed by atoms with Crippen LogP contribution in [0.3, 0.4) is 0 Å². The lowest BCUT2D eigenvalue weighted by atomic mass is 9.97. The molecule has 0 radical (unpaired) electrons. The van der Waals surface area contributed by atoms with E-state index in [2.05, 4.69) is 5.16 Å². The molecule has 4 heteroatoms. The average Bonchev–Trinajstić information content (AvgIpc) is 2.67. The van der Waals surface area contributed by atoms with Gasteiger partial charge in [0, 0.05) is 11.6 Å². The molecule has 1 aromatic heterocycles. The van der Waals surface area contributed by atoms with Crippen LogP contribution in [-0.2, 0) is 0 Å². The molecule has 2 aromatic rings. The number of aromatic nitrogens is 1. The zero-order valence-electron chi connectivity index (χ0n) is 9.53. The number of aryl methyl sites for hydroxylation is 1. The standard InChI is InChI=1S/C12H14N2O2/c1-6-4-9(7(2)8(3)12(6)15)10-5-11(13)14-16-10/h4-5,15H,1-3H3,(H2,13,14). The van der Waals surface area contributed by atoms with E-state index < -0.39 is 0 Å². The number of hydrogen-bond acceptors (Lipinski definition) is 4. The molecule has 2 rings (SSSR count).